The first-order chi connectivity index (χ1) is 7.58. The van der Waals surface area contributed by atoms with Gasteiger partial charge < -0.3 is 5.11 Å². The fourth-order valence-electron chi connectivity index (χ4n) is 1.33. The number of nitrogens with zero attached hydrogens (tertiary/aromatic N) is 3. The van der Waals surface area contributed by atoms with Crippen LogP contribution in [0.2, 0.25) is 0 Å². The minimum atomic E-state index is -1.19. The van der Waals surface area contributed by atoms with Gasteiger partial charge >= 0.3 is 5.97 Å². The van der Waals surface area contributed by atoms with E-state index in [4.69, 9.17) is 5.11 Å². The Morgan fingerprint density at radius 3 is 2.50 bits per heavy atom. The van der Waals surface area contributed by atoms with E-state index in [1.165, 1.54) is 28.9 Å². The molecule has 2 rings (SSSR count). The largest absolute Gasteiger partial charge is 0.475 e. The molecule has 0 unspecified atom stereocenters. The molecule has 0 spiro atoms. The van der Waals surface area contributed by atoms with Gasteiger partial charge in [-0.3, -0.25) is 0 Å². The van der Waals surface area contributed by atoms with E-state index in [0.29, 0.717) is 11.4 Å². The fraction of sp³-hybridized carbons (Fsp3) is 0.100. The van der Waals surface area contributed by atoms with Gasteiger partial charge in [-0.2, -0.15) is 0 Å². The molecule has 0 fully saturated rings. The van der Waals surface area contributed by atoms with Crippen molar-refractivity contribution >= 4 is 5.97 Å². The maximum absolute atomic E-state index is 12.7. The number of aromatic nitrogens is 3. The molecule has 0 radical (unpaired) electrons. The third-order valence-corrected chi connectivity index (χ3v) is 2.06. The van der Waals surface area contributed by atoms with Gasteiger partial charge in [-0.05, 0) is 24.3 Å². The number of rotatable bonds is 2. The van der Waals surface area contributed by atoms with E-state index in [9.17, 15) is 9.18 Å². The normalized spacial score (nSPS) is 10.4. The highest BCUT2D eigenvalue weighted by molar-refractivity contribution is 5.83. The Morgan fingerprint density at radius 1 is 1.38 bits per heavy atom. The summed E-state index contributed by atoms with van der Waals surface area (Å²) >= 11 is 0. The standard InChI is InChI=1S/C10H8FN3O2/c1-14-9(12-8(13-14)10(15)16)6-2-4-7(11)5-3-6/h2-5H,1H3,(H,15,16). The van der Waals surface area contributed by atoms with Crippen LogP contribution < -0.4 is 0 Å². The number of hydrogen-bond acceptors (Lipinski definition) is 3. The molecule has 1 aromatic carbocycles. The van der Waals surface area contributed by atoms with Crippen LogP contribution in [0.5, 0.6) is 0 Å². The van der Waals surface area contributed by atoms with E-state index in [1.54, 1.807) is 7.05 Å². The topological polar surface area (TPSA) is 68.0 Å². The molecule has 5 nitrogen and oxygen atoms in total. The van der Waals surface area contributed by atoms with E-state index in [2.05, 4.69) is 10.1 Å². The molecule has 2 aromatic rings. The van der Waals surface area contributed by atoms with Crippen molar-refractivity contribution in [2.45, 2.75) is 0 Å². The summed E-state index contributed by atoms with van der Waals surface area (Å²) in [6, 6.07) is 5.60. The monoisotopic (exact) mass is 221 g/mol. The van der Waals surface area contributed by atoms with Crippen molar-refractivity contribution < 1.29 is 14.3 Å². The van der Waals surface area contributed by atoms with Crippen molar-refractivity contribution in [2.24, 2.45) is 7.05 Å². The zero-order valence-corrected chi connectivity index (χ0v) is 8.38. The van der Waals surface area contributed by atoms with Crippen LogP contribution in [0, 0.1) is 5.82 Å². The molecule has 16 heavy (non-hydrogen) atoms. The van der Waals surface area contributed by atoms with Crippen LogP contribution >= 0.6 is 0 Å². The Hall–Kier alpha value is -2.24. The second-order valence-electron chi connectivity index (χ2n) is 3.19. The number of hydrogen-bond donors (Lipinski definition) is 1. The zero-order valence-electron chi connectivity index (χ0n) is 8.38. The number of carboxylic acids is 1. The molecule has 82 valence electrons. The molecule has 0 saturated carbocycles. The third-order valence-electron chi connectivity index (χ3n) is 2.06. The summed E-state index contributed by atoms with van der Waals surface area (Å²) in [4.78, 5) is 14.5. The molecule has 6 heteroatoms. The first kappa shape index (κ1) is 10.3. The van der Waals surface area contributed by atoms with Crippen LogP contribution in [0.15, 0.2) is 24.3 Å². The Bertz CT molecular complexity index is 533. The molecular formula is C10H8FN3O2. The van der Waals surface area contributed by atoms with Gasteiger partial charge in [0.1, 0.15) is 5.82 Å². The van der Waals surface area contributed by atoms with Gasteiger partial charge in [-0.1, -0.05) is 0 Å². The van der Waals surface area contributed by atoms with E-state index < -0.39 is 5.97 Å². The van der Waals surface area contributed by atoms with Crippen molar-refractivity contribution in [1.82, 2.24) is 14.8 Å². The van der Waals surface area contributed by atoms with Gasteiger partial charge in [0, 0.05) is 12.6 Å². The van der Waals surface area contributed by atoms with Gasteiger partial charge in [0.15, 0.2) is 5.82 Å². The number of aromatic carboxylic acids is 1. The first-order valence-corrected chi connectivity index (χ1v) is 4.48. The number of halogens is 1. The summed E-state index contributed by atoms with van der Waals surface area (Å²) < 4.78 is 14.0. The van der Waals surface area contributed by atoms with Crippen LogP contribution in [-0.2, 0) is 7.05 Å². The second kappa shape index (κ2) is 3.73. The van der Waals surface area contributed by atoms with Gasteiger partial charge in [-0.15, -0.1) is 5.10 Å². The highest BCUT2D eigenvalue weighted by atomic mass is 19.1. The van der Waals surface area contributed by atoms with Crippen molar-refractivity contribution in [1.29, 1.82) is 0 Å². The van der Waals surface area contributed by atoms with E-state index in [1.807, 2.05) is 0 Å². The Kier molecular flexibility index (Phi) is 2.40. The van der Waals surface area contributed by atoms with Gasteiger partial charge in [0.25, 0.3) is 5.82 Å². The molecule has 1 aromatic heterocycles. The predicted octanol–water partition coefficient (Wildman–Crippen LogP) is 1.32. The lowest BCUT2D eigenvalue weighted by Gasteiger charge is -1.98. The summed E-state index contributed by atoms with van der Waals surface area (Å²) in [7, 11) is 1.58. The van der Waals surface area contributed by atoms with Crippen molar-refractivity contribution in [3.63, 3.8) is 0 Å². The second-order valence-corrected chi connectivity index (χ2v) is 3.19. The Labute approximate surface area is 90.2 Å². The van der Waals surface area contributed by atoms with Crippen molar-refractivity contribution in [3.8, 4) is 11.4 Å². The number of carboxylic acid groups (broad SMARTS) is 1. The number of benzene rings is 1. The molecule has 1 heterocycles. The molecule has 0 aliphatic heterocycles. The summed E-state index contributed by atoms with van der Waals surface area (Å²) in [5.74, 6) is -1.44. The highest BCUT2D eigenvalue weighted by Gasteiger charge is 2.14. The lowest BCUT2D eigenvalue weighted by atomic mass is 10.2. The van der Waals surface area contributed by atoms with Gasteiger partial charge in [0.05, 0.1) is 0 Å². The molecule has 0 aliphatic rings. The summed E-state index contributed by atoms with van der Waals surface area (Å²) in [6.07, 6.45) is 0. The molecule has 0 bridgehead atoms. The average Bonchev–Trinajstić information content (AvgIpc) is 2.62. The van der Waals surface area contributed by atoms with Crippen LogP contribution in [-0.4, -0.2) is 25.8 Å². The Balaban J connectivity index is 2.47. The molecule has 0 saturated heterocycles. The quantitative estimate of drug-likeness (QED) is 0.830. The first-order valence-electron chi connectivity index (χ1n) is 4.48. The smallest absolute Gasteiger partial charge is 0.375 e. The molecular weight excluding hydrogens is 213 g/mol. The maximum atomic E-state index is 12.7. The zero-order chi connectivity index (χ0) is 11.7. The maximum Gasteiger partial charge on any atom is 0.375 e. The van der Waals surface area contributed by atoms with Gasteiger partial charge in [-0.25, -0.2) is 18.9 Å². The highest BCUT2D eigenvalue weighted by Crippen LogP contribution is 2.16. The van der Waals surface area contributed by atoms with Crippen LogP contribution in [0.1, 0.15) is 10.6 Å². The lowest BCUT2D eigenvalue weighted by Crippen LogP contribution is -2.00. The minimum absolute atomic E-state index is 0.276. The summed E-state index contributed by atoms with van der Waals surface area (Å²) in [5, 5.41) is 12.4. The average molecular weight is 221 g/mol. The third kappa shape index (κ3) is 1.77. The van der Waals surface area contributed by atoms with Crippen molar-refractivity contribution in [2.75, 3.05) is 0 Å². The molecule has 0 aliphatic carbocycles. The Morgan fingerprint density at radius 2 is 2.00 bits per heavy atom. The molecule has 0 atom stereocenters. The van der Waals surface area contributed by atoms with Crippen LogP contribution in [0.3, 0.4) is 0 Å². The van der Waals surface area contributed by atoms with E-state index in [0.717, 1.165) is 0 Å². The van der Waals surface area contributed by atoms with Crippen molar-refractivity contribution in [3.05, 3.63) is 35.9 Å². The minimum Gasteiger partial charge on any atom is -0.475 e. The van der Waals surface area contributed by atoms with Gasteiger partial charge in [0.2, 0.25) is 0 Å². The van der Waals surface area contributed by atoms with E-state index in [-0.39, 0.29) is 11.6 Å². The van der Waals surface area contributed by atoms with E-state index >= 15 is 0 Å². The SMILES string of the molecule is Cn1nc(C(=O)O)nc1-c1ccc(F)cc1. The lowest BCUT2D eigenvalue weighted by molar-refractivity contribution is 0.0683. The van der Waals surface area contributed by atoms with Crippen LogP contribution in [0.4, 0.5) is 4.39 Å². The van der Waals surface area contributed by atoms with Crippen LogP contribution in [0.25, 0.3) is 11.4 Å². The predicted molar refractivity (Wildman–Crippen MR) is 53.4 cm³/mol. The fourth-order valence-corrected chi connectivity index (χ4v) is 1.33. The molecule has 1 N–H and O–H groups in total. The summed E-state index contributed by atoms with van der Waals surface area (Å²) in [6.45, 7) is 0. The number of aryl methyl sites for hydroxylation is 1. The number of carbonyl (C=O) groups is 1. The summed E-state index contributed by atoms with van der Waals surface area (Å²) in [5.41, 5.74) is 0.615. The molecule has 0 amide bonds.